The van der Waals surface area contributed by atoms with Crippen molar-refractivity contribution < 1.29 is 13.9 Å². The first-order valence-electron chi connectivity index (χ1n) is 9.57. The van der Waals surface area contributed by atoms with Crippen LogP contribution < -0.4 is 20.9 Å². The minimum atomic E-state index is 0.0946. The molecule has 3 rings (SSSR count). The van der Waals surface area contributed by atoms with Crippen LogP contribution in [0.4, 0.5) is 0 Å². The number of ether oxygens (including phenoxy) is 2. The highest BCUT2D eigenvalue weighted by molar-refractivity contribution is 7.98. The number of aromatic nitrogens is 2. The molecule has 3 aromatic rings. The Morgan fingerprint density at radius 2 is 1.67 bits per heavy atom. The lowest BCUT2D eigenvalue weighted by molar-refractivity contribution is 0.313. The van der Waals surface area contributed by atoms with Crippen molar-refractivity contribution in [1.82, 2.24) is 10.2 Å². The molecule has 4 N–H and O–H groups in total. The molecule has 8 nitrogen and oxygen atoms in total. The number of hydrogen-bond acceptors (Lipinski definition) is 7. The van der Waals surface area contributed by atoms with Gasteiger partial charge in [-0.1, -0.05) is 18.2 Å². The molecule has 0 amide bonds. The summed E-state index contributed by atoms with van der Waals surface area (Å²) in [4.78, 5) is 3.91. The quantitative estimate of drug-likeness (QED) is 0.257. The molecule has 1 aromatic heterocycles. The number of para-hydroxylation sites is 1. The van der Waals surface area contributed by atoms with Gasteiger partial charge in [0.1, 0.15) is 11.5 Å². The van der Waals surface area contributed by atoms with Gasteiger partial charge in [-0.3, -0.25) is 4.99 Å². The number of rotatable bonds is 12. The van der Waals surface area contributed by atoms with Crippen molar-refractivity contribution >= 4 is 17.7 Å². The summed E-state index contributed by atoms with van der Waals surface area (Å²) >= 11 is 1.69. The standard InChI is InChI=1S/C21H25N5O3S/c22-21(23)24-11-4-12-27-18-9-7-16(8-10-18)20-26-25-19(29-20)15-30-14-13-28-17-5-2-1-3-6-17/h1-3,5-10H,4,11-15H2,(H4,22,23,24). The van der Waals surface area contributed by atoms with E-state index in [0.717, 1.165) is 29.2 Å². The number of guanidine groups is 1. The first kappa shape index (κ1) is 21.5. The van der Waals surface area contributed by atoms with E-state index >= 15 is 0 Å². The molecular formula is C21H25N5O3S. The first-order chi connectivity index (χ1) is 14.7. The van der Waals surface area contributed by atoms with E-state index in [2.05, 4.69) is 15.2 Å². The molecule has 1 heterocycles. The van der Waals surface area contributed by atoms with Crippen LogP contribution in [0.1, 0.15) is 12.3 Å². The maximum Gasteiger partial charge on any atom is 0.247 e. The zero-order valence-corrected chi connectivity index (χ0v) is 17.4. The Labute approximate surface area is 179 Å². The van der Waals surface area contributed by atoms with Crippen LogP contribution in [0.15, 0.2) is 64.0 Å². The normalized spacial score (nSPS) is 10.5. The number of thioether (sulfide) groups is 1. The van der Waals surface area contributed by atoms with E-state index in [1.165, 1.54) is 0 Å². The van der Waals surface area contributed by atoms with E-state index in [1.807, 2.05) is 54.6 Å². The molecule has 0 bridgehead atoms. The largest absolute Gasteiger partial charge is 0.494 e. The first-order valence-corrected chi connectivity index (χ1v) is 10.7. The molecule has 0 unspecified atom stereocenters. The molecule has 158 valence electrons. The fourth-order valence-corrected chi connectivity index (χ4v) is 3.12. The van der Waals surface area contributed by atoms with Crippen LogP contribution in [-0.2, 0) is 5.75 Å². The van der Waals surface area contributed by atoms with Crippen LogP contribution in [0.2, 0.25) is 0 Å². The van der Waals surface area contributed by atoms with Gasteiger partial charge in [0.25, 0.3) is 0 Å². The average molecular weight is 428 g/mol. The van der Waals surface area contributed by atoms with Crippen LogP contribution in [0, 0.1) is 0 Å². The molecule has 0 saturated carbocycles. The molecule has 30 heavy (non-hydrogen) atoms. The van der Waals surface area contributed by atoms with Gasteiger partial charge in [0.05, 0.1) is 19.0 Å². The Bertz CT molecular complexity index is 912. The number of hydrogen-bond donors (Lipinski definition) is 2. The minimum Gasteiger partial charge on any atom is -0.494 e. The Hall–Kier alpha value is -3.20. The van der Waals surface area contributed by atoms with Crippen molar-refractivity contribution in [2.24, 2.45) is 16.5 Å². The smallest absolute Gasteiger partial charge is 0.247 e. The van der Waals surface area contributed by atoms with E-state index in [4.69, 9.17) is 25.4 Å². The molecule has 9 heteroatoms. The molecule has 0 radical (unpaired) electrons. The molecule has 0 saturated heterocycles. The van der Waals surface area contributed by atoms with Crippen molar-refractivity contribution in [1.29, 1.82) is 0 Å². The highest BCUT2D eigenvalue weighted by Gasteiger charge is 2.09. The Kier molecular flexibility index (Phi) is 8.40. The van der Waals surface area contributed by atoms with Crippen molar-refractivity contribution in [2.45, 2.75) is 12.2 Å². The Balaban J connectivity index is 1.38. The molecule has 0 spiro atoms. The second-order valence-corrected chi connectivity index (χ2v) is 7.35. The molecular weight excluding hydrogens is 402 g/mol. The summed E-state index contributed by atoms with van der Waals surface area (Å²) in [5.74, 6) is 4.29. The predicted octanol–water partition coefficient (Wildman–Crippen LogP) is 3.09. The van der Waals surface area contributed by atoms with Gasteiger partial charge >= 0.3 is 0 Å². The SMILES string of the molecule is NC(N)=NCCCOc1ccc(-c2nnc(CSCCOc3ccccc3)o2)cc1. The molecule has 0 atom stereocenters. The van der Waals surface area contributed by atoms with E-state index < -0.39 is 0 Å². The number of nitrogens with zero attached hydrogens (tertiary/aromatic N) is 3. The van der Waals surface area contributed by atoms with Crippen LogP contribution in [0.5, 0.6) is 11.5 Å². The third-order valence-electron chi connectivity index (χ3n) is 3.90. The third-order valence-corrected chi connectivity index (χ3v) is 4.81. The Morgan fingerprint density at radius 3 is 2.43 bits per heavy atom. The molecule has 0 aliphatic heterocycles. The molecule has 2 aromatic carbocycles. The van der Waals surface area contributed by atoms with Gasteiger partial charge in [-0.25, -0.2) is 0 Å². The fourth-order valence-electron chi connectivity index (χ4n) is 2.48. The average Bonchev–Trinajstić information content (AvgIpc) is 3.23. The van der Waals surface area contributed by atoms with Crippen molar-refractivity contribution in [3.63, 3.8) is 0 Å². The molecule has 0 fully saturated rings. The summed E-state index contributed by atoms with van der Waals surface area (Å²) in [6.07, 6.45) is 0.737. The lowest BCUT2D eigenvalue weighted by atomic mass is 10.2. The Morgan fingerprint density at radius 1 is 0.933 bits per heavy atom. The van der Waals surface area contributed by atoms with Gasteiger partial charge < -0.3 is 25.4 Å². The maximum absolute atomic E-state index is 5.75. The summed E-state index contributed by atoms with van der Waals surface area (Å²) in [6, 6.07) is 17.3. The van der Waals surface area contributed by atoms with Crippen molar-refractivity contribution in [2.75, 3.05) is 25.5 Å². The van der Waals surface area contributed by atoms with Crippen molar-refractivity contribution in [3.05, 3.63) is 60.5 Å². The fraction of sp³-hybridized carbons (Fsp3) is 0.286. The van der Waals surface area contributed by atoms with Crippen LogP contribution in [0.3, 0.4) is 0 Å². The number of benzene rings is 2. The summed E-state index contributed by atoms with van der Waals surface area (Å²) < 4.78 is 17.1. The van der Waals surface area contributed by atoms with Crippen LogP contribution in [-0.4, -0.2) is 41.7 Å². The predicted molar refractivity (Wildman–Crippen MR) is 119 cm³/mol. The highest BCUT2D eigenvalue weighted by atomic mass is 32.2. The number of nitrogens with two attached hydrogens (primary N) is 2. The van der Waals surface area contributed by atoms with E-state index in [1.54, 1.807) is 11.8 Å². The lowest BCUT2D eigenvalue weighted by Crippen LogP contribution is -2.23. The maximum atomic E-state index is 5.75. The van der Waals surface area contributed by atoms with Crippen LogP contribution >= 0.6 is 11.8 Å². The topological polar surface area (TPSA) is 122 Å². The third kappa shape index (κ3) is 7.32. The van der Waals surface area contributed by atoms with Crippen molar-refractivity contribution in [3.8, 4) is 23.0 Å². The summed E-state index contributed by atoms with van der Waals surface area (Å²) in [5.41, 5.74) is 11.4. The summed E-state index contributed by atoms with van der Waals surface area (Å²) in [5, 5.41) is 8.24. The molecule has 0 aliphatic carbocycles. The zero-order chi connectivity index (χ0) is 21.0. The monoisotopic (exact) mass is 427 g/mol. The van der Waals surface area contributed by atoms with Gasteiger partial charge in [-0.05, 0) is 36.4 Å². The minimum absolute atomic E-state index is 0.0946. The highest BCUT2D eigenvalue weighted by Crippen LogP contribution is 2.23. The van der Waals surface area contributed by atoms with Gasteiger partial charge in [0, 0.05) is 24.3 Å². The van der Waals surface area contributed by atoms with Gasteiger partial charge in [-0.2, -0.15) is 0 Å². The van der Waals surface area contributed by atoms with Gasteiger partial charge in [0.15, 0.2) is 5.96 Å². The lowest BCUT2D eigenvalue weighted by Gasteiger charge is -2.05. The second-order valence-electron chi connectivity index (χ2n) is 6.25. The molecule has 0 aliphatic rings. The second kappa shape index (κ2) is 11.7. The zero-order valence-electron chi connectivity index (χ0n) is 16.6. The van der Waals surface area contributed by atoms with Gasteiger partial charge in [-0.15, -0.1) is 22.0 Å². The summed E-state index contributed by atoms with van der Waals surface area (Å²) in [7, 11) is 0. The number of aliphatic imine (C=N–C) groups is 1. The van der Waals surface area contributed by atoms with E-state index in [9.17, 15) is 0 Å². The van der Waals surface area contributed by atoms with Crippen LogP contribution in [0.25, 0.3) is 11.5 Å². The van der Waals surface area contributed by atoms with E-state index in [0.29, 0.717) is 37.3 Å². The summed E-state index contributed by atoms with van der Waals surface area (Å²) in [6.45, 7) is 1.71. The van der Waals surface area contributed by atoms with Gasteiger partial charge in [0.2, 0.25) is 11.8 Å². The van der Waals surface area contributed by atoms with E-state index in [-0.39, 0.29) is 5.96 Å².